The van der Waals surface area contributed by atoms with E-state index in [1.54, 1.807) is 0 Å². The van der Waals surface area contributed by atoms with Gasteiger partial charge in [-0.2, -0.15) is 0 Å². The highest BCUT2D eigenvalue weighted by atomic mass is 16.5. The molecule has 0 aromatic rings. The summed E-state index contributed by atoms with van der Waals surface area (Å²) in [6, 6.07) is 0. The molecule has 0 saturated heterocycles. The second-order valence-electron chi connectivity index (χ2n) is 6.75. The van der Waals surface area contributed by atoms with Crippen LogP contribution in [-0.2, 0) is 14.3 Å². The fourth-order valence-corrected chi connectivity index (χ4v) is 2.10. The first-order valence-corrected chi connectivity index (χ1v) is 7.82. The molecule has 0 aromatic carbocycles. The van der Waals surface area contributed by atoms with Gasteiger partial charge in [-0.25, -0.2) is 4.79 Å². The molecule has 4 heteroatoms. The number of carboxylic acids is 1. The van der Waals surface area contributed by atoms with Crippen molar-refractivity contribution in [1.29, 1.82) is 0 Å². The molecule has 0 radical (unpaired) electrons. The number of hydrogen-bond donors (Lipinski definition) is 1. The lowest BCUT2D eigenvalue weighted by Crippen LogP contribution is -2.35. The fourth-order valence-electron chi connectivity index (χ4n) is 2.10. The predicted octanol–water partition coefficient (Wildman–Crippen LogP) is 4.46. The Morgan fingerprint density at radius 1 is 1.09 bits per heavy atom. The van der Waals surface area contributed by atoms with Crippen molar-refractivity contribution in [2.75, 3.05) is 0 Å². The summed E-state index contributed by atoms with van der Waals surface area (Å²) in [4.78, 5) is 22.9. The Bertz CT molecular complexity index is 542. The molecule has 0 aliphatic heterocycles. The third-order valence-electron chi connectivity index (χ3n) is 3.51. The molecule has 0 fully saturated rings. The Hall–Kier alpha value is -1.68. The van der Waals surface area contributed by atoms with E-state index in [1.807, 2.05) is 60.6 Å². The summed E-state index contributed by atoms with van der Waals surface area (Å²) in [5, 5.41) is 9.64. The number of allylic oxidation sites excluding steroid dienone is 4. The van der Waals surface area contributed by atoms with Crippen molar-refractivity contribution in [3.63, 3.8) is 0 Å². The number of carboxylic acid groups (broad SMARTS) is 1. The summed E-state index contributed by atoms with van der Waals surface area (Å²) < 4.78 is 5.79. The van der Waals surface area contributed by atoms with E-state index >= 15 is 0 Å². The number of rotatable bonds is 7. The Morgan fingerprint density at radius 3 is 1.96 bits per heavy atom. The number of aliphatic carboxylic acids is 1. The maximum atomic E-state index is 11.8. The van der Waals surface area contributed by atoms with E-state index in [4.69, 9.17) is 4.74 Å². The summed E-state index contributed by atoms with van der Waals surface area (Å²) in [6.07, 6.45) is 2.99. The molecular weight excluding hydrogens is 292 g/mol. The second kappa shape index (κ2) is 8.82. The number of hydrogen-bond acceptors (Lipinski definition) is 3. The molecule has 0 heterocycles. The van der Waals surface area contributed by atoms with Crippen LogP contribution in [0.4, 0.5) is 0 Å². The summed E-state index contributed by atoms with van der Waals surface area (Å²) in [5.41, 5.74) is 2.64. The maximum Gasteiger partial charge on any atom is 0.337 e. The minimum absolute atomic E-state index is 0.0715. The van der Waals surface area contributed by atoms with Crippen LogP contribution in [0.5, 0.6) is 0 Å². The first-order chi connectivity index (χ1) is 10.4. The lowest BCUT2D eigenvalue weighted by Gasteiger charge is -2.28. The summed E-state index contributed by atoms with van der Waals surface area (Å²) in [7, 11) is 0. The monoisotopic (exact) mass is 322 g/mol. The Kier molecular flexibility index (Phi) is 8.18. The van der Waals surface area contributed by atoms with Crippen LogP contribution in [0, 0.1) is 0 Å². The van der Waals surface area contributed by atoms with Crippen LogP contribution in [0.3, 0.4) is 0 Å². The van der Waals surface area contributed by atoms with E-state index in [0.717, 1.165) is 16.7 Å². The average molecular weight is 322 g/mol. The van der Waals surface area contributed by atoms with Gasteiger partial charge in [-0.1, -0.05) is 17.7 Å². The van der Waals surface area contributed by atoms with Gasteiger partial charge in [0.1, 0.15) is 5.78 Å². The quantitative estimate of drug-likeness (QED) is 0.703. The molecule has 0 saturated carbocycles. The molecule has 0 rings (SSSR count). The van der Waals surface area contributed by atoms with Gasteiger partial charge < -0.3 is 9.84 Å². The van der Waals surface area contributed by atoms with Crippen LogP contribution in [0.1, 0.15) is 61.8 Å². The van der Waals surface area contributed by atoms with Crippen molar-refractivity contribution >= 4 is 11.8 Å². The maximum absolute atomic E-state index is 11.8. The average Bonchev–Trinajstić information content (AvgIpc) is 2.41. The number of ether oxygens (including phenoxy) is 1. The highest BCUT2D eigenvalue weighted by Crippen LogP contribution is 2.28. The van der Waals surface area contributed by atoms with Crippen molar-refractivity contribution in [3.8, 4) is 0 Å². The highest BCUT2D eigenvalue weighted by molar-refractivity contribution is 5.79. The van der Waals surface area contributed by atoms with E-state index in [0.29, 0.717) is 12.0 Å². The predicted molar refractivity (Wildman–Crippen MR) is 93.4 cm³/mol. The number of carbonyl (C=O) groups is 2. The molecule has 23 heavy (non-hydrogen) atoms. The summed E-state index contributed by atoms with van der Waals surface area (Å²) in [6.45, 7) is 14.5. The van der Waals surface area contributed by atoms with Crippen molar-refractivity contribution in [1.82, 2.24) is 0 Å². The van der Waals surface area contributed by atoms with Gasteiger partial charge >= 0.3 is 5.97 Å². The van der Waals surface area contributed by atoms with Crippen LogP contribution in [0.2, 0.25) is 0 Å². The number of ketones is 1. The van der Waals surface area contributed by atoms with E-state index in [2.05, 4.69) is 0 Å². The van der Waals surface area contributed by atoms with Crippen LogP contribution in [-0.4, -0.2) is 28.6 Å². The van der Waals surface area contributed by atoms with Gasteiger partial charge in [0.2, 0.25) is 0 Å². The van der Waals surface area contributed by atoms with Crippen molar-refractivity contribution in [2.45, 2.75) is 73.5 Å². The number of Topliss-reactive ketones (excluding diaryl/α,β-unsaturated/α-hetero) is 1. The molecule has 0 spiro atoms. The van der Waals surface area contributed by atoms with Gasteiger partial charge in [-0.3, -0.25) is 4.79 Å². The van der Waals surface area contributed by atoms with E-state index in [-0.39, 0.29) is 5.78 Å². The molecule has 1 N–H and O–H groups in total. The molecule has 0 aliphatic rings. The molecule has 0 amide bonds. The Labute approximate surface area is 139 Å². The third-order valence-corrected chi connectivity index (χ3v) is 3.51. The first kappa shape index (κ1) is 21.3. The summed E-state index contributed by atoms with van der Waals surface area (Å²) in [5.74, 6) is -0.947. The van der Waals surface area contributed by atoms with Gasteiger partial charge in [-0.15, -0.1) is 0 Å². The normalized spacial score (nSPS) is 16.0. The molecule has 1 atom stereocenters. The molecule has 4 nitrogen and oxygen atoms in total. The zero-order chi connectivity index (χ0) is 18.4. The van der Waals surface area contributed by atoms with Crippen LogP contribution < -0.4 is 0 Å². The lowest BCUT2D eigenvalue weighted by molar-refractivity contribution is -0.155. The minimum Gasteiger partial charge on any atom is -0.479 e. The van der Waals surface area contributed by atoms with Crippen LogP contribution in [0.15, 0.2) is 34.4 Å². The smallest absolute Gasteiger partial charge is 0.337 e. The molecule has 0 bridgehead atoms. The van der Waals surface area contributed by atoms with Crippen molar-refractivity contribution in [2.24, 2.45) is 0 Å². The van der Waals surface area contributed by atoms with E-state index in [9.17, 15) is 14.7 Å². The largest absolute Gasteiger partial charge is 0.479 e. The van der Waals surface area contributed by atoms with E-state index in [1.165, 1.54) is 6.92 Å². The Balaban J connectivity index is 6.09. The Morgan fingerprint density at radius 2 is 1.61 bits per heavy atom. The van der Waals surface area contributed by atoms with Gasteiger partial charge in [0.25, 0.3) is 0 Å². The van der Waals surface area contributed by atoms with Crippen LogP contribution >= 0.6 is 0 Å². The van der Waals surface area contributed by atoms with Gasteiger partial charge in [0.15, 0.2) is 6.10 Å². The lowest BCUT2D eigenvalue weighted by atomic mass is 9.91. The molecule has 130 valence electrons. The van der Waals surface area contributed by atoms with Crippen molar-refractivity contribution < 1.29 is 19.4 Å². The van der Waals surface area contributed by atoms with Gasteiger partial charge in [0.05, 0.1) is 5.60 Å². The molecule has 1 unspecified atom stereocenters. The van der Waals surface area contributed by atoms with Gasteiger partial charge in [-0.05, 0) is 72.1 Å². The SMILES string of the molecule is CC=C(C)C(=C(C)/C(C)=C/CC(C)=O)C(OC(C)(C)C)C(=O)O. The zero-order valence-electron chi connectivity index (χ0n) is 15.6. The zero-order valence-corrected chi connectivity index (χ0v) is 15.6. The van der Waals surface area contributed by atoms with Gasteiger partial charge in [0, 0.05) is 6.42 Å². The first-order valence-electron chi connectivity index (χ1n) is 7.82. The second-order valence-corrected chi connectivity index (χ2v) is 6.75. The topological polar surface area (TPSA) is 63.6 Å². The highest BCUT2D eigenvalue weighted by Gasteiger charge is 2.30. The van der Waals surface area contributed by atoms with E-state index < -0.39 is 17.7 Å². The van der Waals surface area contributed by atoms with Crippen LogP contribution in [0.25, 0.3) is 0 Å². The molecular formula is C19H30O4. The fraction of sp³-hybridized carbons (Fsp3) is 0.579. The molecule has 0 aliphatic carbocycles. The molecule has 0 aromatic heterocycles. The standard InChI is InChI=1S/C19H30O4/c1-9-12(2)16(15(5)13(3)10-11-14(4)20)17(18(21)22)23-19(6,7)8/h9-10,17H,11H2,1-8H3,(H,21,22)/b12-9?,13-10+,16-15?. The minimum atomic E-state index is -1.05. The van der Waals surface area contributed by atoms with Crippen molar-refractivity contribution in [3.05, 3.63) is 34.4 Å². The summed E-state index contributed by atoms with van der Waals surface area (Å²) >= 11 is 0. The number of carbonyl (C=O) groups excluding carboxylic acids is 1. The third kappa shape index (κ3) is 7.42.